The molecule has 2 heterocycles. The van der Waals surface area contributed by atoms with Crippen molar-refractivity contribution in [2.75, 3.05) is 0 Å². The Bertz CT molecular complexity index is 1010. The summed E-state index contributed by atoms with van der Waals surface area (Å²) in [6, 6.07) is 13.9. The summed E-state index contributed by atoms with van der Waals surface area (Å²) in [5, 5.41) is 16.7. The molecule has 27 heavy (non-hydrogen) atoms. The number of rotatable bonds is 3. The number of nitrogens with zero attached hydrogens (tertiary/aromatic N) is 3. The van der Waals surface area contributed by atoms with Crippen LogP contribution in [0.1, 0.15) is 42.3 Å². The summed E-state index contributed by atoms with van der Waals surface area (Å²) >= 11 is 0. The van der Waals surface area contributed by atoms with Crippen LogP contribution in [0.3, 0.4) is 0 Å². The Balaban J connectivity index is 1.58. The number of nitrogens with one attached hydrogen (secondary N) is 1. The van der Waals surface area contributed by atoms with Crippen molar-refractivity contribution in [1.82, 2.24) is 15.2 Å². The van der Waals surface area contributed by atoms with Crippen molar-refractivity contribution < 1.29 is 0 Å². The quantitative estimate of drug-likeness (QED) is 0.722. The van der Waals surface area contributed by atoms with E-state index in [0.29, 0.717) is 23.3 Å². The normalized spacial score (nSPS) is 21.7. The molecule has 3 aromatic rings. The third kappa shape index (κ3) is 3.29. The highest BCUT2D eigenvalue weighted by molar-refractivity contribution is 5.70. The van der Waals surface area contributed by atoms with Crippen molar-refractivity contribution in [3.05, 3.63) is 77.4 Å². The molecule has 4 heteroatoms. The first-order valence-corrected chi connectivity index (χ1v) is 9.33. The fourth-order valence-corrected chi connectivity index (χ4v) is 3.89. The monoisotopic (exact) mass is 354 g/mol. The second-order valence-corrected chi connectivity index (χ2v) is 7.36. The molecule has 1 aromatic carbocycles. The van der Waals surface area contributed by atoms with Crippen LogP contribution in [-0.4, -0.2) is 15.2 Å². The molecule has 0 radical (unpaired) electrons. The average molecular weight is 354 g/mol. The smallest absolute Gasteiger partial charge is 0.0998 e. The molecule has 1 aliphatic carbocycles. The standard InChI is InChI=1S/C23H22N4/c1-15-11-19-14-26-27-23(19)21(16(15)2)10-9-20-8-7-18(13-25-20)22-6-4-3-5-17(22)12-24/h3-10,13-16,21H,11H2,1-2H3,(H,26,27)/t15-,16+,21-/m0/s1. The lowest BCUT2D eigenvalue weighted by Crippen LogP contribution is -2.24. The van der Waals surface area contributed by atoms with Crippen LogP contribution in [0.25, 0.3) is 17.2 Å². The van der Waals surface area contributed by atoms with Crippen molar-refractivity contribution in [1.29, 1.82) is 5.26 Å². The summed E-state index contributed by atoms with van der Waals surface area (Å²) in [5.41, 5.74) is 6.02. The minimum atomic E-state index is 0.326. The van der Waals surface area contributed by atoms with E-state index in [2.05, 4.69) is 47.3 Å². The predicted molar refractivity (Wildman–Crippen MR) is 107 cm³/mol. The summed E-state index contributed by atoms with van der Waals surface area (Å²) in [5.74, 6) is 1.51. The maximum Gasteiger partial charge on any atom is 0.0998 e. The van der Waals surface area contributed by atoms with Gasteiger partial charge in [0.05, 0.1) is 23.5 Å². The second kappa shape index (κ2) is 7.20. The predicted octanol–water partition coefficient (Wildman–Crippen LogP) is 4.97. The molecule has 0 unspecified atom stereocenters. The highest BCUT2D eigenvalue weighted by Crippen LogP contribution is 2.39. The fourth-order valence-electron chi connectivity index (χ4n) is 3.89. The van der Waals surface area contributed by atoms with Gasteiger partial charge in [0, 0.05) is 28.9 Å². The van der Waals surface area contributed by atoms with E-state index in [1.165, 1.54) is 11.3 Å². The van der Waals surface area contributed by atoms with Gasteiger partial charge in [0.2, 0.25) is 0 Å². The zero-order valence-corrected chi connectivity index (χ0v) is 15.6. The SMILES string of the molecule is C[C@H]1[C@H](C=Cc2ccc(-c3ccccc3C#N)cn2)c2[nH]ncc2C[C@@H]1C. The summed E-state index contributed by atoms with van der Waals surface area (Å²) in [7, 11) is 0. The van der Waals surface area contributed by atoms with Crippen LogP contribution in [0.2, 0.25) is 0 Å². The van der Waals surface area contributed by atoms with Gasteiger partial charge in [-0.15, -0.1) is 0 Å². The largest absolute Gasteiger partial charge is 0.282 e. The molecule has 0 bridgehead atoms. The van der Waals surface area contributed by atoms with Gasteiger partial charge in [-0.2, -0.15) is 10.4 Å². The molecule has 4 rings (SSSR count). The number of allylic oxidation sites excluding steroid dienone is 1. The molecular formula is C23H22N4. The van der Waals surface area contributed by atoms with Crippen LogP contribution in [-0.2, 0) is 6.42 Å². The lowest BCUT2D eigenvalue weighted by molar-refractivity contribution is 0.328. The number of H-pyrrole nitrogens is 1. The van der Waals surface area contributed by atoms with Gasteiger partial charge < -0.3 is 0 Å². The molecular weight excluding hydrogens is 332 g/mol. The zero-order valence-electron chi connectivity index (χ0n) is 15.6. The molecule has 3 atom stereocenters. The number of benzene rings is 1. The van der Waals surface area contributed by atoms with E-state index in [9.17, 15) is 5.26 Å². The van der Waals surface area contributed by atoms with Gasteiger partial charge in [0.15, 0.2) is 0 Å². The minimum Gasteiger partial charge on any atom is -0.282 e. The van der Waals surface area contributed by atoms with Crippen LogP contribution in [0.15, 0.2) is 54.9 Å². The van der Waals surface area contributed by atoms with Crippen molar-refractivity contribution in [2.24, 2.45) is 11.8 Å². The topological polar surface area (TPSA) is 65.4 Å². The number of hydrogen-bond donors (Lipinski definition) is 1. The van der Waals surface area contributed by atoms with Gasteiger partial charge >= 0.3 is 0 Å². The Morgan fingerprint density at radius 1 is 1.15 bits per heavy atom. The molecule has 0 amide bonds. The molecule has 1 N–H and O–H groups in total. The molecule has 0 fully saturated rings. The van der Waals surface area contributed by atoms with Gasteiger partial charge in [0.1, 0.15) is 0 Å². The van der Waals surface area contributed by atoms with E-state index in [1.807, 2.05) is 48.8 Å². The molecule has 2 aromatic heterocycles. The first-order chi connectivity index (χ1) is 13.2. The summed E-state index contributed by atoms with van der Waals surface area (Å²) in [6.07, 6.45) is 9.21. The molecule has 0 saturated heterocycles. The Hall–Kier alpha value is -3.19. The van der Waals surface area contributed by atoms with Crippen LogP contribution in [0, 0.1) is 23.2 Å². The summed E-state index contributed by atoms with van der Waals surface area (Å²) < 4.78 is 0. The maximum atomic E-state index is 9.28. The maximum absolute atomic E-state index is 9.28. The van der Waals surface area contributed by atoms with Crippen LogP contribution < -0.4 is 0 Å². The first kappa shape index (κ1) is 17.2. The average Bonchev–Trinajstić information content (AvgIpc) is 3.16. The van der Waals surface area contributed by atoms with Gasteiger partial charge in [-0.25, -0.2) is 0 Å². The van der Waals surface area contributed by atoms with Crippen LogP contribution in [0.4, 0.5) is 0 Å². The number of aromatic amines is 1. The minimum absolute atomic E-state index is 0.326. The number of pyridine rings is 1. The van der Waals surface area contributed by atoms with Crippen molar-refractivity contribution in [3.63, 3.8) is 0 Å². The molecule has 0 aliphatic heterocycles. The Kier molecular flexibility index (Phi) is 4.60. The molecule has 134 valence electrons. The van der Waals surface area contributed by atoms with Gasteiger partial charge in [0.25, 0.3) is 0 Å². The van der Waals surface area contributed by atoms with Crippen LogP contribution in [0.5, 0.6) is 0 Å². The first-order valence-electron chi connectivity index (χ1n) is 9.33. The third-order valence-corrected chi connectivity index (χ3v) is 5.71. The highest BCUT2D eigenvalue weighted by Gasteiger charge is 2.31. The van der Waals surface area contributed by atoms with E-state index >= 15 is 0 Å². The number of aromatic nitrogens is 3. The van der Waals surface area contributed by atoms with E-state index in [4.69, 9.17) is 0 Å². The second-order valence-electron chi connectivity index (χ2n) is 7.36. The fraction of sp³-hybridized carbons (Fsp3) is 0.261. The molecule has 0 saturated carbocycles. The number of nitriles is 1. The van der Waals surface area contributed by atoms with Crippen molar-refractivity contribution >= 4 is 6.08 Å². The summed E-state index contributed by atoms with van der Waals surface area (Å²) in [6.45, 7) is 4.61. The number of hydrogen-bond acceptors (Lipinski definition) is 3. The molecule has 1 aliphatic rings. The van der Waals surface area contributed by atoms with E-state index < -0.39 is 0 Å². The van der Waals surface area contributed by atoms with E-state index in [0.717, 1.165) is 23.2 Å². The van der Waals surface area contributed by atoms with E-state index in [1.54, 1.807) is 0 Å². The lowest BCUT2D eigenvalue weighted by atomic mass is 9.73. The van der Waals surface area contributed by atoms with Crippen molar-refractivity contribution in [2.45, 2.75) is 26.2 Å². The zero-order chi connectivity index (χ0) is 18.8. The van der Waals surface area contributed by atoms with Gasteiger partial charge in [-0.1, -0.05) is 44.2 Å². The van der Waals surface area contributed by atoms with Gasteiger partial charge in [-0.05, 0) is 42.0 Å². The van der Waals surface area contributed by atoms with Gasteiger partial charge in [-0.3, -0.25) is 10.1 Å². The van der Waals surface area contributed by atoms with E-state index in [-0.39, 0.29) is 0 Å². The number of fused-ring (bicyclic) bond motifs is 1. The lowest BCUT2D eigenvalue weighted by Gasteiger charge is -2.31. The van der Waals surface area contributed by atoms with Crippen LogP contribution >= 0.6 is 0 Å². The van der Waals surface area contributed by atoms with Crippen molar-refractivity contribution in [3.8, 4) is 17.2 Å². The summed E-state index contributed by atoms with van der Waals surface area (Å²) in [4.78, 5) is 4.58. The Morgan fingerprint density at radius 2 is 2.00 bits per heavy atom. The third-order valence-electron chi connectivity index (χ3n) is 5.71. The Labute approximate surface area is 159 Å². The Morgan fingerprint density at radius 3 is 2.78 bits per heavy atom. The molecule has 0 spiro atoms. The highest BCUT2D eigenvalue weighted by atomic mass is 15.1. The molecule has 4 nitrogen and oxygen atoms in total.